The standard InChI is InChI=1S/C18H21ClFN3O/c1-18(2)9-12(6-7-24-18)10-22-17-5-3-4-15(23-17)13-8-16(20)21-11-14(13)19/h3-5,8,11-12H,6-7,9-10H2,1-2H3,(H,22,23)/t12-/m1/s1. The second-order valence-corrected chi connectivity index (χ2v) is 7.15. The predicted octanol–water partition coefficient (Wildman–Crippen LogP) is 4.55. The molecular formula is C18H21ClFN3O. The number of hydrogen-bond acceptors (Lipinski definition) is 4. The molecule has 1 atom stereocenters. The van der Waals surface area contributed by atoms with Crippen molar-refractivity contribution in [1.29, 1.82) is 0 Å². The van der Waals surface area contributed by atoms with Crippen LogP contribution in [0.3, 0.4) is 0 Å². The van der Waals surface area contributed by atoms with Crippen molar-refractivity contribution in [2.24, 2.45) is 5.92 Å². The Bertz CT molecular complexity index is 723. The largest absolute Gasteiger partial charge is 0.376 e. The molecule has 0 saturated carbocycles. The summed E-state index contributed by atoms with van der Waals surface area (Å²) < 4.78 is 19.1. The monoisotopic (exact) mass is 349 g/mol. The number of ether oxygens (including phenoxy) is 1. The van der Waals surface area contributed by atoms with Crippen LogP contribution in [0.15, 0.2) is 30.5 Å². The molecule has 2 aromatic rings. The van der Waals surface area contributed by atoms with Crippen LogP contribution in [-0.2, 0) is 4.74 Å². The van der Waals surface area contributed by atoms with Gasteiger partial charge in [-0.1, -0.05) is 17.7 Å². The Morgan fingerprint density at radius 3 is 3.04 bits per heavy atom. The van der Waals surface area contributed by atoms with Gasteiger partial charge in [-0.15, -0.1) is 0 Å². The summed E-state index contributed by atoms with van der Waals surface area (Å²) in [5.41, 5.74) is 1.10. The molecule has 0 bridgehead atoms. The third-order valence-corrected chi connectivity index (χ3v) is 4.52. The summed E-state index contributed by atoms with van der Waals surface area (Å²) in [7, 11) is 0. The maximum Gasteiger partial charge on any atom is 0.213 e. The molecule has 6 heteroatoms. The molecule has 1 N–H and O–H groups in total. The van der Waals surface area contributed by atoms with Gasteiger partial charge in [0, 0.05) is 31.0 Å². The molecule has 0 spiro atoms. The predicted molar refractivity (Wildman–Crippen MR) is 93.7 cm³/mol. The van der Waals surface area contributed by atoms with E-state index >= 15 is 0 Å². The molecule has 3 heterocycles. The van der Waals surface area contributed by atoms with E-state index in [4.69, 9.17) is 16.3 Å². The topological polar surface area (TPSA) is 47.0 Å². The van der Waals surface area contributed by atoms with E-state index in [2.05, 4.69) is 29.1 Å². The zero-order valence-corrected chi connectivity index (χ0v) is 14.6. The second kappa shape index (κ2) is 7.03. The average Bonchev–Trinajstić information content (AvgIpc) is 2.55. The van der Waals surface area contributed by atoms with E-state index in [1.54, 1.807) is 0 Å². The van der Waals surface area contributed by atoms with Crippen LogP contribution in [0, 0.1) is 11.9 Å². The van der Waals surface area contributed by atoms with Crippen LogP contribution < -0.4 is 5.32 Å². The molecule has 0 unspecified atom stereocenters. The van der Waals surface area contributed by atoms with Crippen molar-refractivity contribution in [2.75, 3.05) is 18.5 Å². The lowest BCUT2D eigenvalue weighted by Gasteiger charge is -2.35. The summed E-state index contributed by atoms with van der Waals surface area (Å²) in [6.07, 6.45) is 3.36. The molecular weight excluding hydrogens is 329 g/mol. The first kappa shape index (κ1) is 17.1. The smallest absolute Gasteiger partial charge is 0.213 e. The minimum Gasteiger partial charge on any atom is -0.376 e. The van der Waals surface area contributed by atoms with E-state index in [-0.39, 0.29) is 5.60 Å². The Morgan fingerprint density at radius 2 is 2.25 bits per heavy atom. The molecule has 1 aliphatic heterocycles. The molecule has 4 nitrogen and oxygen atoms in total. The molecule has 0 aromatic carbocycles. The third kappa shape index (κ3) is 4.22. The van der Waals surface area contributed by atoms with Crippen molar-refractivity contribution < 1.29 is 9.13 Å². The van der Waals surface area contributed by atoms with Gasteiger partial charge in [0.25, 0.3) is 0 Å². The molecule has 1 saturated heterocycles. The van der Waals surface area contributed by atoms with Crippen LogP contribution in [-0.4, -0.2) is 28.7 Å². The van der Waals surface area contributed by atoms with Crippen LogP contribution in [0.2, 0.25) is 5.02 Å². The number of nitrogens with one attached hydrogen (secondary N) is 1. The van der Waals surface area contributed by atoms with Gasteiger partial charge in [0.2, 0.25) is 5.95 Å². The number of rotatable bonds is 4. The minimum atomic E-state index is -0.570. The summed E-state index contributed by atoms with van der Waals surface area (Å²) in [5, 5.41) is 3.76. The second-order valence-electron chi connectivity index (χ2n) is 6.74. The van der Waals surface area contributed by atoms with Crippen molar-refractivity contribution in [1.82, 2.24) is 9.97 Å². The summed E-state index contributed by atoms with van der Waals surface area (Å²) in [4.78, 5) is 8.09. The fraction of sp³-hybridized carbons (Fsp3) is 0.444. The van der Waals surface area contributed by atoms with Crippen molar-refractivity contribution in [3.05, 3.63) is 41.4 Å². The molecule has 1 fully saturated rings. The van der Waals surface area contributed by atoms with Gasteiger partial charge in [-0.2, -0.15) is 4.39 Å². The quantitative estimate of drug-likeness (QED) is 0.822. The average molecular weight is 350 g/mol. The van der Waals surface area contributed by atoms with Gasteiger partial charge in [-0.05, 0) is 44.7 Å². The lowest BCUT2D eigenvalue weighted by molar-refractivity contribution is -0.0699. The Labute approximate surface area is 146 Å². The lowest BCUT2D eigenvalue weighted by Crippen LogP contribution is -2.36. The maximum atomic E-state index is 13.4. The van der Waals surface area contributed by atoms with Crippen LogP contribution in [0.5, 0.6) is 0 Å². The van der Waals surface area contributed by atoms with Crippen molar-refractivity contribution >= 4 is 17.4 Å². The Hall–Kier alpha value is -1.72. The third-order valence-electron chi connectivity index (χ3n) is 4.22. The first-order valence-corrected chi connectivity index (χ1v) is 8.47. The number of anilines is 1. The van der Waals surface area contributed by atoms with Gasteiger partial charge in [0.05, 0.1) is 16.3 Å². The Morgan fingerprint density at radius 1 is 1.42 bits per heavy atom. The SMILES string of the molecule is CC1(C)C[C@H](CNc2cccc(-c3cc(F)ncc3Cl)n2)CCO1. The van der Waals surface area contributed by atoms with Gasteiger partial charge in [0.15, 0.2) is 0 Å². The Kier molecular flexibility index (Phi) is 5.01. The number of hydrogen-bond donors (Lipinski definition) is 1. The molecule has 128 valence electrons. The summed E-state index contributed by atoms with van der Waals surface area (Å²) in [5.74, 6) is 0.727. The minimum absolute atomic E-state index is 0.0675. The number of nitrogens with zero attached hydrogens (tertiary/aromatic N) is 2. The highest BCUT2D eigenvalue weighted by Crippen LogP contribution is 2.29. The van der Waals surface area contributed by atoms with Gasteiger partial charge in [-0.25, -0.2) is 9.97 Å². The Balaban J connectivity index is 1.71. The van der Waals surface area contributed by atoms with Crippen LogP contribution in [0.25, 0.3) is 11.3 Å². The van der Waals surface area contributed by atoms with Gasteiger partial charge < -0.3 is 10.1 Å². The fourth-order valence-corrected chi connectivity index (χ4v) is 3.27. The van der Waals surface area contributed by atoms with Gasteiger partial charge >= 0.3 is 0 Å². The van der Waals surface area contributed by atoms with E-state index in [0.29, 0.717) is 22.2 Å². The molecule has 2 aromatic heterocycles. The lowest BCUT2D eigenvalue weighted by atomic mass is 9.88. The summed E-state index contributed by atoms with van der Waals surface area (Å²) >= 11 is 6.11. The molecule has 0 aliphatic carbocycles. The van der Waals surface area contributed by atoms with Crippen LogP contribution >= 0.6 is 11.6 Å². The van der Waals surface area contributed by atoms with Gasteiger partial charge in [0.1, 0.15) is 5.82 Å². The molecule has 24 heavy (non-hydrogen) atoms. The highest BCUT2D eigenvalue weighted by atomic mass is 35.5. The van der Waals surface area contributed by atoms with Gasteiger partial charge in [-0.3, -0.25) is 0 Å². The highest BCUT2D eigenvalue weighted by molar-refractivity contribution is 6.33. The normalized spacial score (nSPS) is 19.9. The van der Waals surface area contributed by atoms with E-state index in [1.807, 2.05) is 18.2 Å². The van der Waals surface area contributed by atoms with E-state index in [1.165, 1.54) is 12.3 Å². The zero-order valence-electron chi connectivity index (χ0n) is 13.9. The summed E-state index contributed by atoms with van der Waals surface area (Å²) in [6, 6.07) is 6.89. The number of aromatic nitrogens is 2. The fourth-order valence-electron chi connectivity index (χ4n) is 3.07. The van der Waals surface area contributed by atoms with E-state index in [0.717, 1.165) is 31.8 Å². The van der Waals surface area contributed by atoms with Crippen LogP contribution in [0.1, 0.15) is 26.7 Å². The number of halogens is 2. The first-order valence-electron chi connectivity index (χ1n) is 8.09. The summed E-state index contributed by atoms with van der Waals surface area (Å²) in [6.45, 7) is 5.87. The molecule has 0 amide bonds. The molecule has 1 aliphatic rings. The zero-order chi connectivity index (χ0) is 17.2. The van der Waals surface area contributed by atoms with Crippen molar-refractivity contribution in [3.8, 4) is 11.3 Å². The van der Waals surface area contributed by atoms with Crippen molar-refractivity contribution in [3.63, 3.8) is 0 Å². The first-order chi connectivity index (χ1) is 11.4. The van der Waals surface area contributed by atoms with Crippen molar-refractivity contribution in [2.45, 2.75) is 32.3 Å². The maximum absolute atomic E-state index is 13.4. The van der Waals surface area contributed by atoms with Crippen LogP contribution in [0.4, 0.5) is 10.2 Å². The highest BCUT2D eigenvalue weighted by Gasteiger charge is 2.28. The molecule has 3 rings (SSSR count). The number of pyridine rings is 2. The molecule has 0 radical (unpaired) electrons. The van der Waals surface area contributed by atoms with E-state index < -0.39 is 5.95 Å². The van der Waals surface area contributed by atoms with E-state index in [9.17, 15) is 4.39 Å².